The lowest BCUT2D eigenvalue weighted by Gasteiger charge is -2.22. The summed E-state index contributed by atoms with van der Waals surface area (Å²) < 4.78 is 11.1. The van der Waals surface area contributed by atoms with Crippen molar-refractivity contribution in [2.75, 3.05) is 14.2 Å². The van der Waals surface area contributed by atoms with Crippen molar-refractivity contribution in [3.63, 3.8) is 0 Å². The smallest absolute Gasteiger partial charge is 0.327 e. The number of ether oxygens (including phenoxy) is 2. The molecule has 1 aromatic carbocycles. The molecule has 0 heterocycles. The van der Waals surface area contributed by atoms with E-state index in [-0.39, 0.29) is 12.0 Å². The van der Waals surface area contributed by atoms with Gasteiger partial charge in [-0.3, -0.25) is 5.32 Å². The highest BCUT2D eigenvalue weighted by atomic mass is 79.9. The van der Waals surface area contributed by atoms with Crippen LogP contribution in [0.3, 0.4) is 0 Å². The lowest BCUT2D eigenvalue weighted by molar-refractivity contribution is -0.143. The fourth-order valence-electron chi connectivity index (χ4n) is 1.74. The van der Waals surface area contributed by atoms with Gasteiger partial charge in [0, 0.05) is 16.1 Å². The highest BCUT2D eigenvalue weighted by molar-refractivity contribution is 9.10. The Morgan fingerprint density at radius 1 is 1.42 bits per heavy atom. The van der Waals surface area contributed by atoms with Gasteiger partial charge in [-0.05, 0) is 31.5 Å². The van der Waals surface area contributed by atoms with E-state index in [1.54, 1.807) is 7.11 Å². The normalized spacial score (nSPS) is 13.7. The summed E-state index contributed by atoms with van der Waals surface area (Å²) in [6.45, 7) is 4.09. The van der Waals surface area contributed by atoms with Crippen molar-refractivity contribution in [3.05, 3.63) is 28.2 Å². The fourth-order valence-corrected chi connectivity index (χ4v) is 2.11. The minimum atomic E-state index is -0.535. The van der Waals surface area contributed by atoms with Crippen LogP contribution in [0.15, 0.2) is 22.7 Å². The summed E-state index contributed by atoms with van der Waals surface area (Å²) >= 11 is 3.41. The number of carbonyl (C=O) groups excluding carboxylic acids is 1. The van der Waals surface area contributed by atoms with Crippen LogP contribution in [0, 0.1) is 0 Å². The zero-order valence-corrected chi connectivity index (χ0v) is 13.3. The van der Waals surface area contributed by atoms with Gasteiger partial charge in [-0.25, -0.2) is 4.79 Å². The second kappa shape index (κ2) is 7.50. The molecule has 0 spiro atoms. The number of carbonyl (C=O) groups is 1. The Labute approximate surface area is 122 Å². The molecule has 0 radical (unpaired) electrons. The standard InChI is InChI=1S/C14H20BrNO3/c1-5-9(2)16-13(14(17)19-4)11-8-10(15)6-7-12(11)18-3/h6-9,13,16H,5H2,1-4H3. The predicted octanol–water partition coefficient (Wildman–Crippen LogP) is 3.06. The maximum Gasteiger partial charge on any atom is 0.327 e. The zero-order chi connectivity index (χ0) is 14.4. The molecule has 5 heteroatoms. The Morgan fingerprint density at radius 2 is 2.11 bits per heavy atom. The second-order valence-corrected chi connectivity index (χ2v) is 5.23. The molecular formula is C14H20BrNO3. The Morgan fingerprint density at radius 3 is 2.63 bits per heavy atom. The lowest BCUT2D eigenvalue weighted by atomic mass is 10.0. The Kier molecular flexibility index (Phi) is 6.31. The van der Waals surface area contributed by atoms with Crippen molar-refractivity contribution in [2.24, 2.45) is 0 Å². The molecule has 0 saturated heterocycles. The van der Waals surface area contributed by atoms with Crippen LogP contribution in [0.5, 0.6) is 5.75 Å². The quantitative estimate of drug-likeness (QED) is 0.815. The first kappa shape index (κ1) is 16.0. The molecule has 1 N–H and O–H groups in total. The summed E-state index contributed by atoms with van der Waals surface area (Å²) in [5, 5.41) is 3.26. The molecule has 0 aromatic heterocycles. The first-order valence-corrected chi connectivity index (χ1v) is 7.00. The third-order valence-electron chi connectivity index (χ3n) is 3.00. The molecule has 0 aliphatic heterocycles. The van der Waals surface area contributed by atoms with Crippen LogP contribution in [0.1, 0.15) is 31.9 Å². The number of esters is 1. The fraction of sp³-hybridized carbons (Fsp3) is 0.500. The summed E-state index contributed by atoms with van der Waals surface area (Å²) in [6.07, 6.45) is 0.920. The predicted molar refractivity (Wildman–Crippen MR) is 78.3 cm³/mol. The summed E-state index contributed by atoms with van der Waals surface area (Å²) in [6, 6.07) is 5.24. The molecule has 0 aliphatic carbocycles. The average Bonchev–Trinajstić information content (AvgIpc) is 2.43. The van der Waals surface area contributed by atoms with E-state index >= 15 is 0 Å². The number of hydrogen-bond donors (Lipinski definition) is 1. The van der Waals surface area contributed by atoms with Gasteiger partial charge in [0.05, 0.1) is 14.2 Å². The van der Waals surface area contributed by atoms with Crippen LogP contribution in [0.4, 0.5) is 0 Å². The largest absolute Gasteiger partial charge is 0.496 e. The second-order valence-electron chi connectivity index (χ2n) is 4.32. The molecule has 2 unspecified atom stereocenters. The summed E-state index contributed by atoms with van der Waals surface area (Å²) in [5.74, 6) is 0.339. The first-order chi connectivity index (χ1) is 9.03. The van der Waals surface area contributed by atoms with E-state index < -0.39 is 6.04 Å². The minimum Gasteiger partial charge on any atom is -0.496 e. The molecule has 1 rings (SSSR count). The molecule has 0 saturated carbocycles. The van der Waals surface area contributed by atoms with Crippen molar-refractivity contribution in [3.8, 4) is 5.75 Å². The van der Waals surface area contributed by atoms with Gasteiger partial charge in [-0.15, -0.1) is 0 Å². The molecule has 0 fully saturated rings. The van der Waals surface area contributed by atoms with Gasteiger partial charge in [0.15, 0.2) is 0 Å². The van der Waals surface area contributed by atoms with Crippen LogP contribution in [-0.4, -0.2) is 26.2 Å². The highest BCUT2D eigenvalue weighted by Crippen LogP contribution is 2.29. The molecular weight excluding hydrogens is 310 g/mol. The number of rotatable bonds is 6. The lowest BCUT2D eigenvalue weighted by Crippen LogP contribution is -2.35. The number of nitrogens with one attached hydrogen (secondary N) is 1. The SMILES string of the molecule is CCC(C)NC(C(=O)OC)c1cc(Br)ccc1OC. The van der Waals surface area contributed by atoms with Gasteiger partial charge in [-0.2, -0.15) is 0 Å². The van der Waals surface area contributed by atoms with Gasteiger partial charge in [0.1, 0.15) is 11.8 Å². The average molecular weight is 330 g/mol. The van der Waals surface area contributed by atoms with E-state index in [1.165, 1.54) is 7.11 Å². The monoisotopic (exact) mass is 329 g/mol. The molecule has 4 nitrogen and oxygen atoms in total. The van der Waals surface area contributed by atoms with Crippen LogP contribution in [-0.2, 0) is 9.53 Å². The number of benzene rings is 1. The molecule has 0 aliphatic rings. The van der Waals surface area contributed by atoms with E-state index in [9.17, 15) is 4.79 Å². The van der Waals surface area contributed by atoms with Crippen LogP contribution in [0.25, 0.3) is 0 Å². The van der Waals surface area contributed by atoms with Crippen LogP contribution >= 0.6 is 15.9 Å². The number of hydrogen-bond acceptors (Lipinski definition) is 4. The van der Waals surface area contributed by atoms with Gasteiger partial charge < -0.3 is 9.47 Å². The summed E-state index contributed by atoms with van der Waals surface area (Å²) in [7, 11) is 2.97. The highest BCUT2D eigenvalue weighted by Gasteiger charge is 2.26. The molecule has 2 atom stereocenters. The van der Waals surface area contributed by atoms with Crippen molar-refractivity contribution >= 4 is 21.9 Å². The van der Waals surface area contributed by atoms with Crippen molar-refractivity contribution in [2.45, 2.75) is 32.4 Å². The topological polar surface area (TPSA) is 47.6 Å². The van der Waals surface area contributed by atoms with Crippen LogP contribution in [0.2, 0.25) is 0 Å². The van der Waals surface area contributed by atoms with E-state index in [2.05, 4.69) is 28.2 Å². The zero-order valence-electron chi connectivity index (χ0n) is 11.7. The third kappa shape index (κ3) is 4.21. The maximum atomic E-state index is 12.0. The molecule has 0 bridgehead atoms. The van der Waals surface area contributed by atoms with Gasteiger partial charge in [0.2, 0.25) is 0 Å². The molecule has 1 aromatic rings. The molecule has 19 heavy (non-hydrogen) atoms. The summed E-state index contributed by atoms with van der Waals surface area (Å²) in [5.41, 5.74) is 0.768. The minimum absolute atomic E-state index is 0.202. The van der Waals surface area contributed by atoms with E-state index in [1.807, 2.05) is 25.1 Å². The molecule has 0 amide bonds. The van der Waals surface area contributed by atoms with E-state index in [4.69, 9.17) is 9.47 Å². The Balaban J connectivity index is 3.15. The van der Waals surface area contributed by atoms with Gasteiger partial charge in [-0.1, -0.05) is 22.9 Å². The Hall–Kier alpha value is -1.07. The van der Waals surface area contributed by atoms with Gasteiger partial charge in [0.25, 0.3) is 0 Å². The third-order valence-corrected chi connectivity index (χ3v) is 3.50. The van der Waals surface area contributed by atoms with Crippen molar-refractivity contribution < 1.29 is 14.3 Å². The Bertz CT molecular complexity index is 437. The van der Waals surface area contributed by atoms with Gasteiger partial charge >= 0.3 is 5.97 Å². The number of methoxy groups -OCH3 is 2. The van der Waals surface area contributed by atoms with Crippen molar-refractivity contribution in [1.82, 2.24) is 5.32 Å². The van der Waals surface area contributed by atoms with E-state index in [0.29, 0.717) is 5.75 Å². The maximum absolute atomic E-state index is 12.0. The molecule has 106 valence electrons. The summed E-state index contributed by atoms with van der Waals surface area (Å²) in [4.78, 5) is 12.0. The van der Waals surface area contributed by atoms with Crippen LogP contribution < -0.4 is 10.1 Å². The van der Waals surface area contributed by atoms with Crippen molar-refractivity contribution in [1.29, 1.82) is 0 Å². The first-order valence-electron chi connectivity index (χ1n) is 6.20. The number of halogens is 1. The van der Waals surface area contributed by atoms with E-state index in [0.717, 1.165) is 16.5 Å².